The van der Waals surface area contributed by atoms with Gasteiger partial charge in [-0.05, 0) is 63.5 Å². The molecular formula is C14H27N. The lowest BCUT2D eigenvalue weighted by Crippen LogP contribution is -2.49. The van der Waals surface area contributed by atoms with E-state index in [0.717, 1.165) is 17.4 Å². The van der Waals surface area contributed by atoms with E-state index in [4.69, 9.17) is 0 Å². The summed E-state index contributed by atoms with van der Waals surface area (Å²) in [7, 11) is 0. The Kier molecular flexibility index (Phi) is 3.39. The van der Waals surface area contributed by atoms with Crippen LogP contribution in [0, 0.1) is 11.3 Å². The molecule has 15 heavy (non-hydrogen) atoms. The van der Waals surface area contributed by atoms with Crippen LogP contribution in [0.15, 0.2) is 0 Å². The van der Waals surface area contributed by atoms with Gasteiger partial charge >= 0.3 is 0 Å². The first kappa shape index (κ1) is 11.4. The molecule has 2 rings (SSSR count). The number of rotatable bonds is 3. The van der Waals surface area contributed by atoms with Gasteiger partial charge in [0.15, 0.2) is 0 Å². The van der Waals surface area contributed by atoms with Crippen LogP contribution in [0.1, 0.15) is 59.3 Å². The van der Waals surface area contributed by atoms with Crippen molar-refractivity contribution in [2.75, 3.05) is 13.1 Å². The molecule has 1 saturated carbocycles. The first-order valence-corrected chi connectivity index (χ1v) is 6.93. The predicted molar refractivity (Wildman–Crippen MR) is 66.0 cm³/mol. The quantitative estimate of drug-likeness (QED) is 0.685. The Morgan fingerprint density at radius 1 is 1.20 bits per heavy atom. The van der Waals surface area contributed by atoms with Gasteiger partial charge in [-0.15, -0.1) is 0 Å². The SMILES string of the molecule is CCC1CC2(CCN(C(C)CC)CC2)C1. The van der Waals surface area contributed by atoms with E-state index in [9.17, 15) is 0 Å². The molecule has 2 aliphatic rings. The summed E-state index contributed by atoms with van der Waals surface area (Å²) in [6.07, 6.45) is 8.76. The Labute approximate surface area is 95.2 Å². The summed E-state index contributed by atoms with van der Waals surface area (Å²) in [5, 5.41) is 0. The first-order chi connectivity index (χ1) is 7.19. The van der Waals surface area contributed by atoms with Crippen molar-refractivity contribution in [2.45, 2.75) is 65.3 Å². The van der Waals surface area contributed by atoms with Crippen LogP contribution in [0.25, 0.3) is 0 Å². The van der Waals surface area contributed by atoms with Crippen molar-refractivity contribution >= 4 is 0 Å². The Morgan fingerprint density at radius 3 is 2.27 bits per heavy atom. The average molecular weight is 209 g/mol. The highest BCUT2D eigenvalue weighted by molar-refractivity contribution is 4.96. The third kappa shape index (κ3) is 2.22. The number of hydrogen-bond donors (Lipinski definition) is 0. The highest BCUT2D eigenvalue weighted by atomic mass is 15.2. The van der Waals surface area contributed by atoms with Gasteiger partial charge in [-0.25, -0.2) is 0 Å². The Bertz CT molecular complexity index is 195. The maximum absolute atomic E-state index is 2.70. The first-order valence-electron chi connectivity index (χ1n) is 6.93. The highest BCUT2D eigenvalue weighted by Gasteiger charge is 2.44. The summed E-state index contributed by atoms with van der Waals surface area (Å²) < 4.78 is 0. The molecule has 1 spiro atoms. The zero-order chi connectivity index (χ0) is 10.9. The smallest absolute Gasteiger partial charge is 0.00643 e. The van der Waals surface area contributed by atoms with E-state index >= 15 is 0 Å². The molecule has 0 amide bonds. The van der Waals surface area contributed by atoms with Crippen LogP contribution in [0.3, 0.4) is 0 Å². The number of hydrogen-bond acceptors (Lipinski definition) is 1. The molecular weight excluding hydrogens is 182 g/mol. The van der Waals surface area contributed by atoms with Crippen molar-refractivity contribution < 1.29 is 0 Å². The highest BCUT2D eigenvalue weighted by Crippen LogP contribution is 2.53. The molecule has 1 unspecified atom stereocenters. The topological polar surface area (TPSA) is 3.24 Å². The Hall–Kier alpha value is -0.0400. The normalized spacial score (nSPS) is 29.0. The van der Waals surface area contributed by atoms with Crippen LogP contribution in [0.4, 0.5) is 0 Å². The lowest BCUT2D eigenvalue weighted by atomic mass is 9.57. The van der Waals surface area contributed by atoms with Gasteiger partial charge in [0.25, 0.3) is 0 Å². The summed E-state index contributed by atoms with van der Waals surface area (Å²) in [6.45, 7) is 9.78. The van der Waals surface area contributed by atoms with Crippen molar-refractivity contribution in [3.8, 4) is 0 Å². The summed E-state index contributed by atoms with van der Waals surface area (Å²) in [4.78, 5) is 2.70. The molecule has 0 aromatic heterocycles. The van der Waals surface area contributed by atoms with E-state index in [1.54, 1.807) is 0 Å². The molecule has 0 aromatic rings. The van der Waals surface area contributed by atoms with E-state index in [0.29, 0.717) is 0 Å². The molecule has 1 aliphatic heterocycles. The lowest BCUT2D eigenvalue weighted by Gasteiger charge is -2.53. The molecule has 0 bridgehead atoms. The fourth-order valence-electron chi connectivity index (χ4n) is 3.56. The standard InChI is InChI=1S/C14H27N/c1-4-12(3)15-8-6-14(7-9-15)10-13(5-2)11-14/h12-13H,4-11H2,1-3H3. The van der Waals surface area contributed by atoms with E-state index in [2.05, 4.69) is 25.7 Å². The average Bonchev–Trinajstić information content (AvgIpc) is 2.25. The van der Waals surface area contributed by atoms with E-state index < -0.39 is 0 Å². The summed E-state index contributed by atoms with van der Waals surface area (Å²) >= 11 is 0. The second kappa shape index (κ2) is 4.45. The maximum atomic E-state index is 2.70. The molecule has 0 N–H and O–H groups in total. The van der Waals surface area contributed by atoms with Crippen molar-refractivity contribution in [1.29, 1.82) is 0 Å². The maximum Gasteiger partial charge on any atom is 0.00643 e. The van der Waals surface area contributed by atoms with Crippen molar-refractivity contribution in [3.05, 3.63) is 0 Å². The van der Waals surface area contributed by atoms with Crippen LogP contribution < -0.4 is 0 Å². The zero-order valence-electron chi connectivity index (χ0n) is 10.8. The second-order valence-electron chi connectivity index (χ2n) is 5.98. The molecule has 1 aliphatic carbocycles. The van der Waals surface area contributed by atoms with Crippen LogP contribution in [0.2, 0.25) is 0 Å². The number of nitrogens with zero attached hydrogens (tertiary/aromatic N) is 1. The minimum Gasteiger partial charge on any atom is -0.301 e. The van der Waals surface area contributed by atoms with Gasteiger partial charge in [0, 0.05) is 6.04 Å². The van der Waals surface area contributed by atoms with Crippen LogP contribution >= 0.6 is 0 Å². The molecule has 1 heteroatoms. The largest absolute Gasteiger partial charge is 0.301 e. The van der Waals surface area contributed by atoms with Crippen molar-refractivity contribution in [1.82, 2.24) is 4.90 Å². The fourth-order valence-corrected chi connectivity index (χ4v) is 3.56. The van der Waals surface area contributed by atoms with Gasteiger partial charge in [0.05, 0.1) is 0 Å². The fraction of sp³-hybridized carbons (Fsp3) is 1.00. The van der Waals surface area contributed by atoms with Crippen LogP contribution in [-0.4, -0.2) is 24.0 Å². The molecule has 0 radical (unpaired) electrons. The van der Waals surface area contributed by atoms with Gasteiger partial charge in [-0.1, -0.05) is 20.3 Å². The molecule has 1 nitrogen and oxygen atoms in total. The summed E-state index contributed by atoms with van der Waals surface area (Å²) in [5.74, 6) is 1.07. The summed E-state index contributed by atoms with van der Waals surface area (Å²) in [6, 6.07) is 0.810. The third-order valence-electron chi connectivity index (χ3n) is 5.09. The Balaban J connectivity index is 1.78. The van der Waals surface area contributed by atoms with Gasteiger partial charge in [0.2, 0.25) is 0 Å². The Morgan fingerprint density at radius 2 is 1.80 bits per heavy atom. The van der Waals surface area contributed by atoms with Gasteiger partial charge in [-0.3, -0.25) is 0 Å². The van der Waals surface area contributed by atoms with E-state index in [1.165, 1.54) is 51.6 Å². The zero-order valence-corrected chi connectivity index (χ0v) is 10.8. The molecule has 2 fully saturated rings. The minimum atomic E-state index is 0.796. The number of piperidine rings is 1. The molecule has 1 heterocycles. The monoisotopic (exact) mass is 209 g/mol. The third-order valence-corrected chi connectivity index (χ3v) is 5.09. The van der Waals surface area contributed by atoms with Gasteiger partial charge < -0.3 is 4.90 Å². The van der Waals surface area contributed by atoms with Crippen molar-refractivity contribution in [3.63, 3.8) is 0 Å². The molecule has 1 saturated heterocycles. The van der Waals surface area contributed by atoms with E-state index in [1.807, 2.05) is 0 Å². The van der Waals surface area contributed by atoms with Gasteiger partial charge in [-0.2, -0.15) is 0 Å². The van der Waals surface area contributed by atoms with E-state index in [-0.39, 0.29) is 0 Å². The number of likely N-dealkylation sites (tertiary alicyclic amines) is 1. The van der Waals surface area contributed by atoms with Crippen LogP contribution in [0.5, 0.6) is 0 Å². The minimum absolute atomic E-state index is 0.796. The van der Waals surface area contributed by atoms with Crippen LogP contribution in [-0.2, 0) is 0 Å². The predicted octanol–water partition coefficient (Wildman–Crippen LogP) is 3.69. The second-order valence-corrected chi connectivity index (χ2v) is 5.98. The van der Waals surface area contributed by atoms with Crippen molar-refractivity contribution in [2.24, 2.45) is 11.3 Å². The lowest BCUT2D eigenvalue weighted by molar-refractivity contribution is -0.0236. The molecule has 88 valence electrons. The van der Waals surface area contributed by atoms with Gasteiger partial charge in [0.1, 0.15) is 0 Å². The summed E-state index contributed by atoms with van der Waals surface area (Å²) in [5.41, 5.74) is 0.796. The molecule has 0 aromatic carbocycles. The molecule has 1 atom stereocenters.